The van der Waals surface area contributed by atoms with Crippen molar-refractivity contribution in [3.8, 4) is 5.88 Å². The van der Waals surface area contributed by atoms with Gasteiger partial charge < -0.3 is 9.64 Å². The predicted octanol–water partition coefficient (Wildman–Crippen LogP) is 2.77. The summed E-state index contributed by atoms with van der Waals surface area (Å²) in [5.74, 6) is 0.612. The number of methoxy groups -OCH3 is 1. The van der Waals surface area contributed by atoms with Gasteiger partial charge in [-0.05, 0) is 24.1 Å². The Morgan fingerprint density at radius 2 is 2.23 bits per heavy atom. The van der Waals surface area contributed by atoms with Crippen molar-refractivity contribution in [2.45, 2.75) is 12.3 Å². The second-order valence-electron chi connectivity index (χ2n) is 5.24. The second kappa shape index (κ2) is 6.32. The van der Waals surface area contributed by atoms with E-state index < -0.39 is 0 Å². The summed E-state index contributed by atoms with van der Waals surface area (Å²) in [7, 11) is 1.52. The van der Waals surface area contributed by atoms with Gasteiger partial charge in [0.2, 0.25) is 5.88 Å². The Balaban J connectivity index is 1.73. The molecule has 1 amide bonds. The standard InChI is InChI=1S/C16H16ClN3O2/c1-22-15-8-14(18-10-19-15)16(21)20-6-5-12(9-20)11-3-2-4-13(17)7-11/h2-4,7-8,10,12H,5-6,9H2,1H3. The van der Waals surface area contributed by atoms with Crippen molar-refractivity contribution < 1.29 is 9.53 Å². The van der Waals surface area contributed by atoms with E-state index in [0.717, 1.165) is 11.4 Å². The molecular weight excluding hydrogens is 302 g/mol. The molecule has 1 aliphatic rings. The minimum Gasteiger partial charge on any atom is -0.481 e. The molecule has 1 aliphatic heterocycles. The molecule has 22 heavy (non-hydrogen) atoms. The third kappa shape index (κ3) is 3.04. The fourth-order valence-electron chi connectivity index (χ4n) is 2.71. The number of carbonyl (C=O) groups is 1. The molecule has 6 heteroatoms. The van der Waals surface area contributed by atoms with E-state index in [0.29, 0.717) is 30.6 Å². The van der Waals surface area contributed by atoms with Crippen LogP contribution in [0.3, 0.4) is 0 Å². The normalized spacial score (nSPS) is 17.5. The lowest BCUT2D eigenvalue weighted by Crippen LogP contribution is -2.29. The average Bonchev–Trinajstić information content (AvgIpc) is 3.04. The maximum absolute atomic E-state index is 12.5. The number of carbonyl (C=O) groups excluding carboxylic acids is 1. The van der Waals surface area contributed by atoms with Gasteiger partial charge in [0.25, 0.3) is 5.91 Å². The Morgan fingerprint density at radius 3 is 3.00 bits per heavy atom. The number of benzene rings is 1. The zero-order valence-corrected chi connectivity index (χ0v) is 13.0. The molecule has 0 spiro atoms. The van der Waals surface area contributed by atoms with E-state index >= 15 is 0 Å². The second-order valence-corrected chi connectivity index (χ2v) is 5.67. The van der Waals surface area contributed by atoms with Gasteiger partial charge in [0.05, 0.1) is 7.11 Å². The van der Waals surface area contributed by atoms with Crippen molar-refractivity contribution in [3.63, 3.8) is 0 Å². The fraction of sp³-hybridized carbons (Fsp3) is 0.312. The molecule has 2 aromatic rings. The molecule has 1 unspecified atom stereocenters. The molecule has 0 radical (unpaired) electrons. The van der Waals surface area contributed by atoms with Gasteiger partial charge in [-0.1, -0.05) is 23.7 Å². The smallest absolute Gasteiger partial charge is 0.272 e. The molecule has 5 nitrogen and oxygen atoms in total. The Hall–Kier alpha value is -2.14. The first-order chi connectivity index (χ1) is 10.7. The molecule has 3 rings (SSSR count). The summed E-state index contributed by atoms with van der Waals surface area (Å²) >= 11 is 6.04. The molecule has 114 valence electrons. The minimum atomic E-state index is -0.0924. The van der Waals surface area contributed by atoms with Crippen LogP contribution in [0, 0.1) is 0 Å². The molecule has 0 saturated carbocycles. The first kappa shape index (κ1) is 14.8. The SMILES string of the molecule is COc1cc(C(=O)N2CCC(c3cccc(Cl)c3)C2)ncn1. The molecule has 1 fully saturated rings. The van der Waals surface area contributed by atoms with Gasteiger partial charge in [0.1, 0.15) is 12.0 Å². The highest BCUT2D eigenvalue weighted by Gasteiger charge is 2.28. The highest BCUT2D eigenvalue weighted by atomic mass is 35.5. The average molecular weight is 318 g/mol. The molecule has 0 N–H and O–H groups in total. The molecule has 1 aromatic carbocycles. The van der Waals surface area contributed by atoms with Crippen LogP contribution in [0.25, 0.3) is 0 Å². The van der Waals surface area contributed by atoms with Crippen molar-refractivity contribution in [2.24, 2.45) is 0 Å². The van der Waals surface area contributed by atoms with Crippen LogP contribution in [0.4, 0.5) is 0 Å². The summed E-state index contributed by atoms with van der Waals surface area (Å²) in [5.41, 5.74) is 1.53. The van der Waals surface area contributed by atoms with Gasteiger partial charge in [0, 0.05) is 30.1 Å². The van der Waals surface area contributed by atoms with E-state index in [-0.39, 0.29) is 5.91 Å². The van der Waals surface area contributed by atoms with Crippen molar-refractivity contribution in [1.82, 2.24) is 14.9 Å². The number of amides is 1. The zero-order valence-electron chi connectivity index (χ0n) is 12.2. The van der Waals surface area contributed by atoms with Gasteiger partial charge in [-0.15, -0.1) is 0 Å². The summed E-state index contributed by atoms with van der Waals surface area (Å²) in [6.45, 7) is 1.38. The van der Waals surface area contributed by atoms with Crippen LogP contribution >= 0.6 is 11.6 Å². The van der Waals surface area contributed by atoms with Crippen LogP contribution in [0.5, 0.6) is 5.88 Å². The van der Waals surface area contributed by atoms with Gasteiger partial charge >= 0.3 is 0 Å². The number of rotatable bonds is 3. The Bertz CT molecular complexity index is 693. The number of aromatic nitrogens is 2. The van der Waals surface area contributed by atoms with Gasteiger partial charge in [-0.3, -0.25) is 4.79 Å². The lowest BCUT2D eigenvalue weighted by Gasteiger charge is -2.16. The molecular formula is C16H16ClN3O2. The first-order valence-electron chi connectivity index (χ1n) is 7.08. The van der Waals surface area contributed by atoms with Crippen LogP contribution < -0.4 is 4.74 Å². The Labute approximate surface area is 133 Å². The molecule has 0 aliphatic carbocycles. The van der Waals surface area contributed by atoms with Crippen LogP contribution in [0.1, 0.15) is 28.4 Å². The quantitative estimate of drug-likeness (QED) is 0.873. The van der Waals surface area contributed by atoms with E-state index in [1.807, 2.05) is 23.1 Å². The molecule has 1 saturated heterocycles. The van der Waals surface area contributed by atoms with Crippen LogP contribution in [-0.4, -0.2) is 41.0 Å². The van der Waals surface area contributed by atoms with Gasteiger partial charge in [-0.25, -0.2) is 9.97 Å². The highest BCUT2D eigenvalue weighted by Crippen LogP contribution is 2.29. The van der Waals surface area contributed by atoms with E-state index in [9.17, 15) is 4.79 Å². The molecule has 1 aromatic heterocycles. The highest BCUT2D eigenvalue weighted by molar-refractivity contribution is 6.30. The lowest BCUT2D eigenvalue weighted by molar-refractivity contribution is 0.0784. The predicted molar refractivity (Wildman–Crippen MR) is 83.3 cm³/mol. The van der Waals surface area contributed by atoms with Crippen molar-refractivity contribution in [3.05, 3.63) is 52.9 Å². The molecule has 1 atom stereocenters. The number of halogens is 1. The van der Waals surface area contributed by atoms with Gasteiger partial charge in [-0.2, -0.15) is 0 Å². The molecule has 2 heterocycles. The zero-order chi connectivity index (χ0) is 15.5. The third-order valence-corrected chi connectivity index (χ3v) is 4.10. The number of ether oxygens (including phenoxy) is 1. The fourth-order valence-corrected chi connectivity index (χ4v) is 2.91. The lowest BCUT2D eigenvalue weighted by atomic mass is 9.99. The number of likely N-dealkylation sites (tertiary alicyclic amines) is 1. The molecule has 0 bridgehead atoms. The summed E-state index contributed by atoms with van der Waals surface area (Å²) in [4.78, 5) is 22.3. The number of nitrogens with zero attached hydrogens (tertiary/aromatic N) is 3. The summed E-state index contributed by atoms with van der Waals surface area (Å²) in [5, 5.41) is 0.725. The minimum absolute atomic E-state index is 0.0924. The third-order valence-electron chi connectivity index (χ3n) is 3.87. The Kier molecular flexibility index (Phi) is 4.24. The monoisotopic (exact) mass is 317 g/mol. The summed E-state index contributed by atoms with van der Waals surface area (Å²) < 4.78 is 5.03. The van der Waals surface area contributed by atoms with Crippen LogP contribution in [0.15, 0.2) is 36.7 Å². The largest absolute Gasteiger partial charge is 0.481 e. The van der Waals surface area contributed by atoms with Crippen molar-refractivity contribution >= 4 is 17.5 Å². The Morgan fingerprint density at radius 1 is 1.36 bits per heavy atom. The van der Waals surface area contributed by atoms with Crippen LogP contribution in [-0.2, 0) is 0 Å². The van der Waals surface area contributed by atoms with Crippen molar-refractivity contribution in [2.75, 3.05) is 20.2 Å². The maximum Gasteiger partial charge on any atom is 0.272 e. The van der Waals surface area contributed by atoms with E-state index in [1.54, 1.807) is 6.07 Å². The topological polar surface area (TPSA) is 55.3 Å². The first-order valence-corrected chi connectivity index (χ1v) is 7.46. The maximum atomic E-state index is 12.5. The van der Waals surface area contributed by atoms with E-state index in [4.69, 9.17) is 16.3 Å². The van der Waals surface area contributed by atoms with Crippen LogP contribution in [0.2, 0.25) is 5.02 Å². The van der Waals surface area contributed by atoms with Gasteiger partial charge in [0.15, 0.2) is 0 Å². The van der Waals surface area contributed by atoms with E-state index in [2.05, 4.69) is 16.0 Å². The van der Waals surface area contributed by atoms with E-state index in [1.165, 1.54) is 19.0 Å². The van der Waals surface area contributed by atoms with Crippen molar-refractivity contribution in [1.29, 1.82) is 0 Å². The summed E-state index contributed by atoms with van der Waals surface area (Å²) in [6, 6.07) is 9.38. The number of hydrogen-bond acceptors (Lipinski definition) is 4. The number of hydrogen-bond donors (Lipinski definition) is 0. The summed E-state index contributed by atoms with van der Waals surface area (Å²) in [6.07, 6.45) is 2.27.